The first-order valence-corrected chi connectivity index (χ1v) is 6.47. The van der Waals surface area contributed by atoms with E-state index in [4.69, 9.17) is 0 Å². The fraction of sp³-hybridized carbons (Fsp3) is 0.357. The van der Waals surface area contributed by atoms with Crippen LogP contribution in [0.15, 0.2) is 18.2 Å². The van der Waals surface area contributed by atoms with E-state index >= 15 is 0 Å². The van der Waals surface area contributed by atoms with Crippen LogP contribution in [0.3, 0.4) is 0 Å². The van der Waals surface area contributed by atoms with Gasteiger partial charge in [0.15, 0.2) is 0 Å². The molecule has 104 valence electrons. The topological polar surface area (TPSA) is 44.9 Å². The van der Waals surface area contributed by atoms with Gasteiger partial charge in [0.2, 0.25) is 0 Å². The molecule has 0 aromatic carbocycles. The molecule has 1 heterocycles. The molecule has 6 heteroatoms. The molecule has 1 amide bonds. The van der Waals surface area contributed by atoms with Crippen LogP contribution in [0.2, 0.25) is 0 Å². The lowest BCUT2D eigenvalue weighted by molar-refractivity contribution is -0.215. The van der Waals surface area contributed by atoms with E-state index in [-0.39, 0.29) is 12.8 Å². The van der Waals surface area contributed by atoms with E-state index in [9.17, 15) is 18.0 Å². The van der Waals surface area contributed by atoms with Gasteiger partial charge in [-0.15, -0.1) is 0 Å². The highest BCUT2D eigenvalue weighted by Gasteiger charge is 2.59. The summed E-state index contributed by atoms with van der Waals surface area (Å²) < 4.78 is 39.2. The van der Waals surface area contributed by atoms with Crippen molar-refractivity contribution in [3.63, 3.8) is 0 Å². The van der Waals surface area contributed by atoms with Crippen molar-refractivity contribution in [1.29, 1.82) is 0 Å². The molecule has 4 aliphatic rings. The molecule has 0 aromatic rings. The molecule has 1 saturated carbocycles. The van der Waals surface area contributed by atoms with E-state index in [2.05, 4.69) is 10.3 Å². The van der Waals surface area contributed by atoms with E-state index in [0.29, 0.717) is 12.0 Å². The summed E-state index contributed by atoms with van der Waals surface area (Å²) in [5, 5.41) is 2.21. The van der Waals surface area contributed by atoms with E-state index in [0.717, 1.165) is 22.5 Å². The third-order valence-corrected chi connectivity index (χ3v) is 4.37. The van der Waals surface area contributed by atoms with Crippen LogP contribution in [0.5, 0.6) is 0 Å². The van der Waals surface area contributed by atoms with Gasteiger partial charge in [-0.2, -0.15) is 13.2 Å². The van der Waals surface area contributed by atoms with Gasteiger partial charge in [0, 0.05) is 11.1 Å². The molecule has 0 saturated heterocycles. The maximum Gasteiger partial charge on any atom is 0.411 e. The molecule has 0 aromatic heterocycles. The van der Waals surface area contributed by atoms with Crippen LogP contribution in [-0.4, -0.2) is 22.6 Å². The van der Waals surface area contributed by atoms with Gasteiger partial charge in [0.05, 0.1) is 11.4 Å². The summed E-state index contributed by atoms with van der Waals surface area (Å²) in [7, 11) is 0. The normalized spacial score (nSPS) is 18.8. The Kier molecular flexibility index (Phi) is 1.99. The zero-order valence-corrected chi connectivity index (χ0v) is 10.4. The number of hydrogen-bond acceptors (Lipinski definition) is 1. The zero-order chi connectivity index (χ0) is 14.1. The van der Waals surface area contributed by atoms with Gasteiger partial charge in [-0.25, -0.2) is 0 Å². The monoisotopic (exact) mass is 280 g/mol. The number of pyridine rings is 1. The molecular weight excluding hydrogens is 269 g/mol. The molecule has 0 atom stereocenters. The van der Waals surface area contributed by atoms with Crippen molar-refractivity contribution in [2.24, 2.45) is 0 Å². The Labute approximate surface area is 112 Å². The Balaban J connectivity index is 1.63. The van der Waals surface area contributed by atoms with Gasteiger partial charge in [0.25, 0.3) is 5.91 Å². The third kappa shape index (κ3) is 1.39. The van der Waals surface area contributed by atoms with Gasteiger partial charge in [-0.05, 0) is 37.0 Å². The van der Waals surface area contributed by atoms with Crippen LogP contribution >= 0.6 is 0 Å². The Morgan fingerprint density at radius 3 is 2.60 bits per heavy atom. The fourth-order valence-corrected chi connectivity index (χ4v) is 2.93. The molecule has 0 unspecified atom stereocenters. The lowest BCUT2D eigenvalue weighted by atomic mass is 9.76. The summed E-state index contributed by atoms with van der Waals surface area (Å²) in [5.74, 6) is -0.637. The number of nitrogens with one attached hydrogen (secondary N) is 2. The first kappa shape index (κ1) is 11.8. The Bertz CT molecular complexity index is 697. The second-order valence-corrected chi connectivity index (χ2v) is 5.52. The summed E-state index contributed by atoms with van der Waals surface area (Å²) in [6, 6.07) is 5.16. The molecular formula is C14H11F3N2O. The SMILES string of the molecule is O=C(NC1(C(F)(F)F)CCC1)c1ccc2c3[nH]c-3cc1-2. The lowest BCUT2D eigenvalue weighted by Gasteiger charge is -2.43. The summed E-state index contributed by atoms with van der Waals surface area (Å²) in [6.07, 6.45) is -3.98. The highest BCUT2D eigenvalue weighted by molar-refractivity contribution is 6.08. The number of aromatic nitrogens is 1. The fourth-order valence-electron chi connectivity index (χ4n) is 2.93. The first-order chi connectivity index (χ1) is 9.41. The maximum absolute atomic E-state index is 13.1. The quantitative estimate of drug-likeness (QED) is 0.743. The largest absolute Gasteiger partial charge is 0.411 e. The number of carbonyl (C=O) groups is 1. The average molecular weight is 280 g/mol. The Hall–Kier alpha value is -1.98. The van der Waals surface area contributed by atoms with Gasteiger partial charge in [-0.3, -0.25) is 4.79 Å². The average Bonchev–Trinajstić information content (AvgIpc) is 2.79. The number of aromatic amines is 1. The van der Waals surface area contributed by atoms with E-state index in [1.54, 1.807) is 18.2 Å². The molecule has 3 nitrogen and oxygen atoms in total. The molecule has 0 spiro atoms. The van der Waals surface area contributed by atoms with Crippen LogP contribution < -0.4 is 5.32 Å². The highest BCUT2D eigenvalue weighted by Crippen LogP contribution is 2.47. The number of halogens is 3. The van der Waals surface area contributed by atoms with Crippen molar-refractivity contribution in [3.05, 3.63) is 23.8 Å². The van der Waals surface area contributed by atoms with Crippen molar-refractivity contribution >= 4 is 5.91 Å². The minimum Gasteiger partial charge on any atom is -0.352 e. The Morgan fingerprint density at radius 2 is 2.00 bits per heavy atom. The van der Waals surface area contributed by atoms with Crippen molar-refractivity contribution in [3.8, 4) is 22.5 Å². The highest BCUT2D eigenvalue weighted by atomic mass is 19.4. The number of alkyl halides is 3. The first-order valence-electron chi connectivity index (χ1n) is 6.47. The molecule has 3 aliphatic carbocycles. The third-order valence-electron chi connectivity index (χ3n) is 4.37. The molecule has 1 aliphatic heterocycles. The molecule has 2 N–H and O–H groups in total. The second-order valence-electron chi connectivity index (χ2n) is 5.52. The van der Waals surface area contributed by atoms with Crippen LogP contribution in [0.4, 0.5) is 13.2 Å². The summed E-state index contributed by atoms with van der Waals surface area (Å²) in [4.78, 5) is 15.2. The molecule has 1 fully saturated rings. The maximum atomic E-state index is 13.1. The predicted octanol–water partition coefficient (Wildman–Crippen LogP) is 3.31. The minimum atomic E-state index is -4.40. The van der Waals surface area contributed by atoms with Crippen molar-refractivity contribution in [1.82, 2.24) is 10.3 Å². The number of hydrogen-bond donors (Lipinski definition) is 2. The number of H-pyrrole nitrogens is 1. The van der Waals surface area contributed by atoms with Gasteiger partial charge < -0.3 is 10.3 Å². The van der Waals surface area contributed by atoms with Crippen molar-refractivity contribution in [2.75, 3.05) is 0 Å². The summed E-state index contributed by atoms with van der Waals surface area (Å²) in [5.41, 5.74) is 1.85. The number of amides is 1. The second kappa shape index (κ2) is 3.37. The smallest absolute Gasteiger partial charge is 0.352 e. The van der Waals surface area contributed by atoms with Crippen LogP contribution in [0.1, 0.15) is 29.6 Å². The Morgan fingerprint density at radius 1 is 1.25 bits per heavy atom. The van der Waals surface area contributed by atoms with E-state index < -0.39 is 17.6 Å². The van der Waals surface area contributed by atoms with Crippen LogP contribution in [0, 0.1) is 0 Å². The van der Waals surface area contributed by atoms with Crippen molar-refractivity contribution < 1.29 is 18.0 Å². The number of fused-ring (bicyclic) bond motifs is 3. The van der Waals surface area contributed by atoms with Gasteiger partial charge in [-0.1, -0.05) is 6.07 Å². The predicted molar refractivity (Wildman–Crippen MR) is 66.5 cm³/mol. The van der Waals surface area contributed by atoms with E-state index in [1.807, 2.05) is 0 Å². The number of carbonyl (C=O) groups excluding carboxylic acids is 1. The standard InChI is InChI=1S/C14H11F3N2O/c15-14(16,17)13(4-1-5-13)19-12(20)8-3-2-7-9(8)6-10-11(7)18-10/h2-3,6,18H,1,4-5H2,(H,19,20). The minimum absolute atomic E-state index is 0.0365. The molecule has 0 bridgehead atoms. The molecule has 20 heavy (non-hydrogen) atoms. The van der Waals surface area contributed by atoms with Crippen molar-refractivity contribution in [2.45, 2.75) is 31.0 Å². The van der Waals surface area contributed by atoms with E-state index in [1.165, 1.54) is 0 Å². The van der Waals surface area contributed by atoms with Crippen LogP contribution in [-0.2, 0) is 0 Å². The van der Waals surface area contributed by atoms with Gasteiger partial charge >= 0.3 is 6.18 Å². The summed E-state index contributed by atoms with van der Waals surface area (Å²) in [6.45, 7) is 0. The molecule has 4 rings (SSSR count). The van der Waals surface area contributed by atoms with Crippen LogP contribution in [0.25, 0.3) is 22.5 Å². The lowest BCUT2D eigenvalue weighted by Crippen LogP contribution is -2.63. The number of rotatable bonds is 2. The molecule has 0 radical (unpaired) electrons. The summed E-state index contributed by atoms with van der Waals surface area (Å²) >= 11 is 0. The zero-order valence-electron chi connectivity index (χ0n) is 10.4. The van der Waals surface area contributed by atoms with Gasteiger partial charge in [0.1, 0.15) is 5.54 Å².